The molecule has 492 valence electrons. The molecule has 15 heteroatoms. The first-order chi connectivity index (χ1) is 41.9. The lowest BCUT2D eigenvalue weighted by molar-refractivity contribution is -0.355. The van der Waals surface area contributed by atoms with Gasteiger partial charge in [0.05, 0.1) is 127 Å². The number of benzene rings is 2. The zero-order valence-electron chi connectivity index (χ0n) is 56.7. The van der Waals surface area contributed by atoms with Crippen molar-refractivity contribution in [2.24, 2.45) is 5.92 Å². The molecule has 0 amide bonds. The van der Waals surface area contributed by atoms with E-state index in [2.05, 4.69) is 183 Å². The largest absolute Gasteiger partial charge is 0.411 e. The second-order valence-corrected chi connectivity index (χ2v) is 41.6. The number of hydrogen-bond donors (Lipinski definition) is 0. The van der Waals surface area contributed by atoms with Gasteiger partial charge in [-0.15, -0.1) is 13.2 Å². The molecular weight excluding hydrogens is 1150 g/mol. The van der Waals surface area contributed by atoms with Gasteiger partial charge in [-0.05, 0) is 119 Å². The van der Waals surface area contributed by atoms with Crippen LogP contribution in [0.2, 0.25) is 23.2 Å². The second-order valence-electron chi connectivity index (χ2n) is 32.5. The Morgan fingerprint density at radius 1 is 0.663 bits per heavy atom. The lowest BCUT2D eigenvalue weighted by Gasteiger charge is -2.60. The molecule has 2 aromatic rings. The van der Waals surface area contributed by atoms with E-state index in [1.165, 1.54) is 15.9 Å². The number of rotatable bonds is 14. The summed E-state index contributed by atoms with van der Waals surface area (Å²) in [6, 6.07) is 21.7. The van der Waals surface area contributed by atoms with Crippen LogP contribution in [0.15, 0.2) is 110 Å². The van der Waals surface area contributed by atoms with Crippen LogP contribution < -0.4 is 10.4 Å². The molecule has 9 saturated heterocycles. The quantitative estimate of drug-likeness (QED) is 0.132. The standard InChI is InChI=1S/C74H110O13Si2/c1-19-33-70(12)65(44-73(15)62(84-70)42-61-71(13,87-73)34-31-53-66(82-61)48(5)37-54-59(79-53)43-72(14)60(80-54)41-58-67(85-72)47(4)32-35-75-58)81-55-39-57-56(78-52(55)20-2)40-63-74(16,83-57)64(86-88(17,18)68(6,7)8)38-49(77-63)36-46(3)45-76-89(69(9,10)11,50-27-23-21-24-28-50)51-29-25-22-26-30-51/h19-30,32,48-49,52-67H,1-3,31,33-45H2,4-18H3/t48-,49-,52-,53+,54+,55+,56-,57-,58+,59-,60-,61+,62-,63-,64+,65-,66-,67-,70+,71-,72+,73+,74+/m1/s1. The van der Waals surface area contributed by atoms with Crippen LogP contribution in [0.1, 0.15) is 167 Å². The van der Waals surface area contributed by atoms with E-state index >= 15 is 0 Å². The number of ether oxygens (including phenoxy) is 11. The Kier molecular flexibility index (Phi) is 18.3. The van der Waals surface area contributed by atoms with Gasteiger partial charge >= 0.3 is 0 Å². The van der Waals surface area contributed by atoms with Crippen molar-refractivity contribution in [2.75, 3.05) is 13.2 Å². The normalized spacial score (nSPS) is 44.1. The van der Waals surface area contributed by atoms with Gasteiger partial charge < -0.3 is 61.0 Å². The predicted molar refractivity (Wildman–Crippen MR) is 353 cm³/mol. The summed E-state index contributed by atoms with van der Waals surface area (Å²) >= 11 is 0. The monoisotopic (exact) mass is 1260 g/mol. The molecule has 0 aromatic heterocycles. The summed E-state index contributed by atoms with van der Waals surface area (Å²) in [5.41, 5.74) is -0.964. The van der Waals surface area contributed by atoms with Crippen molar-refractivity contribution in [3.8, 4) is 0 Å². The first-order valence-corrected chi connectivity index (χ1v) is 39.0. The number of hydrogen-bond acceptors (Lipinski definition) is 13. The lowest BCUT2D eigenvalue weighted by atomic mass is 9.73. The number of fused-ring (bicyclic) bond motifs is 8. The van der Waals surface area contributed by atoms with Gasteiger partial charge in [0.25, 0.3) is 8.32 Å². The zero-order chi connectivity index (χ0) is 63.5. The van der Waals surface area contributed by atoms with Crippen LogP contribution in [-0.4, -0.2) is 162 Å². The van der Waals surface area contributed by atoms with Crippen molar-refractivity contribution in [3.05, 3.63) is 110 Å². The molecule has 0 saturated carbocycles. The maximum absolute atomic E-state index is 7.58. The van der Waals surface area contributed by atoms with Gasteiger partial charge in [0.1, 0.15) is 17.8 Å². The average Bonchev–Trinajstić information content (AvgIpc) is 1.59. The maximum Gasteiger partial charge on any atom is 0.261 e. The Morgan fingerprint density at radius 2 is 1.34 bits per heavy atom. The van der Waals surface area contributed by atoms with Gasteiger partial charge in [0.15, 0.2) is 8.32 Å². The molecule has 0 aliphatic carbocycles. The summed E-state index contributed by atoms with van der Waals surface area (Å²) in [6.45, 7) is 48.6. The third-order valence-electron chi connectivity index (χ3n) is 23.8. The van der Waals surface area contributed by atoms with Crippen LogP contribution in [0.5, 0.6) is 0 Å². The minimum atomic E-state index is -2.80. The lowest BCUT2D eigenvalue weighted by Crippen LogP contribution is -2.70. The van der Waals surface area contributed by atoms with Crippen molar-refractivity contribution in [3.63, 3.8) is 0 Å². The van der Waals surface area contributed by atoms with E-state index in [1.54, 1.807) is 0 Å². The Balaban J connectivity index is 0.737. The fourth-order valence-corrected chi connectivity index (χ4v) is 23.5. The van der Waals surface area contributed by atoms with Gasteiger partial charge in [-0.25, -0.2) is 0 Å². The molecule has 0 radical (unpaired) electrons. The first kappa shape index (κ1) is 66.3. The molecule has 12 rings (SSSR count). The van der Waals surface area contributed by atoms with E-state index in [4.69, 9.17) is 67.5 Å². The smallest absolute Gasteiger partial charge is 0.261 e. The highest BCUT2D eigenvalue weighted by atomic mass is 28.4. The highest BCUT2D eigenvalue weighted by Crippen LogP contribution is 2.56. The van der Waals surface area contributed by atoms with Crippen molar-refractivity contribution < 1.29 is 61.0 Å². The third-order valence-corrected chi connectivity index (χ3v) is 33.3. The van der Waals surface area contributed by atoms with E-state index in [0.29, 0.717) is 58.2 Å². The third kappa shape index (κ3) is 12.3. The maximum atomic E-state index is 7.58. The van der Waals surface area contributed by atoms with Crippen LogP contribution in [0.4, 0.5) is 0 Å². The average molecular weight is 1260 g/mol. The fourth-order valence-electron chi connectivity index (χ4n) is 17.6. The van der Waals surface area contributed by atoms with Gasteiger partial charge in [0.2, 0.25) is 0 Å². The van der Waals surface area contributed by atoms with E-state index in [0.717, 1.165) is 37.7 Å². The molecule has 0 unspecified atom stereocenters. The molecular formula is C74H110O13Si2. The van der Waals surface area contributed by atoms with Crippen molar-refractivity contribution >= 4 is 27.0 Å². The molecule has 9 fully saturated rings. The SMILES string of the molecule is C=CC[C@]1(C)O[C@@H]2C[C@@H]3O[C@@H]4[C@H](C)C[C@@H]5O[C@@H]6C[C@@H]7OCC=C(C)[C@H]7O[C@@]6(C)C[C@H]5O[C@H]4CC[C@@]3(C)O[C@@]2(C)C[C@H]1O[C@H]1C[C@H]2O[C@]3(C)[C@@H](O[Si](C)(C)C(C)(C)C)C[C@@H](CC(=C)CO[Si](c4ccccc4)(c4ccccc4)C(C)(C)C)O[C@@H]3C[C@H]2O[C@@H]1C=C. The topological polar surface area (TPSA) is 120 Å². The highest BCUT2D eigenvalue weighted by molar-refractivity contribution is 6.99. The summed E-state index contributed by atoms with van der Waals surface area (Å²) < 4.78 is 94.4. The Bertz CT molecular complexity index is 2850. The van der Waals surface area contributed by atoms with Crippen LogP contribution in [0.25, 0.3) is 0 Å². The molecule has 13 nitrogen and oxygen atoms in total. The first-order valence-electron chi connectivity index (χ1n) is 34.2. The molecule has 0 N–H and O–H groups in total. The van der Waals surface area contributed by atoms with Crippen LogP contribution in [0.3, 0.4) is 0 Å². The van der Waals surface area contributed by atoms with Crippen molar-refractivity contribution in [1.82, 2.24) is 0 Å². The molecule has 23 atom stereocenters. The minimum absolute atomic E-state index is 0.0136. The van der Waals surface area contributed by atoms with E-state index < -0.39 is 50.7 Å². The van der Waals surface area contributed by atoms with Gasteiger partial charge in [-0.3, -0.25) is 0 Å². The summed E-state index contributed by atoms with van der Waals surface area (Å²) in [5.74, 6) is 0.202. The molecule has 10 aliphatic rings. The van der Waals surface area contributed by atoms with E-state index in [1.807, 2.05) is 12.2 Å². The summed E-state index contributed by atoms with van der Waals surface area (Å²) in [7, 11) is -5.13. The fraction of sp³-hybridized carbons (Fsp3) is 0.730. The van der Waals surface area contributed by atoms with E-state index in [-0.39, 0.29) is 114 Å². The van der Waals surface area contributed by atoms with Gasteiger partial charge in [0, 0.05) is 44.9 Å². The van der Waals surface area contributed by atoms with Crippen molar-refractivity contribution in [2.45, 2.75) is 322 Å². The summed E-state index contributed by atoms with van der Waals surface area (Å²) in [5, 5.41) is 2.32. The van der Waals surface area contributed by atoms with E-state index in [9.17, 15) is 0 Å². The van der Waals surface area contributed by atoms with Crippen molar-refractivity contribution in [1.29, 1.82) is 0 Å². The second kappa shape index (κ2) is 24.5. The molecule has 0 spiro atoms. The van der Waals surface area contributed by atoms with Crippen LogP contribution >= 0.6 is 0 Å². The molecule has 0 bridgehead atoms. The predicted octanol–water partition coefficient (Wildman–Crippen LogP) is 13.2. The molecule has 10 heterocycles. The summed E-state index contributed by atoms with van der Waals surface area (Å²) in [4.78, 5) is 0. The Morgan fingerprint density at radius 3 is 2.00 bits per heavy atom. The van der Waals surface area contributed by atoms with Gasteiger partial charge in [-0.1, -0.05) is 140 Å². The highest BCUT2D eigenvalue weighted by Gasteiger charge is 2.65. The zero-order valence-corrected chi connectivity index (χ0v) is 58.7. The molecule has 10 aliphatic heterocycles. The van der Waals surface area contributed by atoms with Crippen LogP contribution in [0, 0.1) is 5.92 Å². The van der Waals surface area contributed by atoms with Crippen LogP contribution in [-0.2, 0) is 61.0 Å². The molecule has 89 heavy (non-hydrogen) atoms. The summed E-state index contributed by atoms with van der Waals surface area (Å²) in [6.07, 6.45) is 11.3. The minimum Gasteiger partial charge on any atom is -0.411 e. The Hall–Kier alpha value is -2.69. The Labute approximate surface area is 536 Å². The molecule has 2 aromatic carbocycles. The van der Waals surface area contributed by atoms with Gasteiger partial charge in [-0.2, -0.15) is 0 Å².